The van der Waals surface area contributed by atoms with Crippen molar-refractivity contribution in [2.24, 2.45) is 5.92 Å². The fourth-order valence-electron chi connectivity index (χ4n) is 3.11. The lowest BCUT2D eigenvalue weighted by atomic mass is 10.0. The van der Waals surface area contributed by atoms with Gasteiger partial charge in [0.2, 0.25) is 17.6 Å². The maximum absolute atomic E-state index is 12.6. The molecule has 0 saturated heterocycles. The van der Waals surface area contributed by atoms with E-state index < -0.39 is 0 Å². The van der Waals surface area contributed by atoms with Gasteiger partial charge in [0.1, 0.15) is 6.04 Å². The lowest BCUT2D eigenvalue weighted by Gasteiger charge is -2.18. The molecular weight excluding hydrogens is 352 g/mol. The highest BCUT2D eigenvalue weighted by Crippen LogP contribution is 2.23. The molecule has 0 unspecified atom stereocenters. The lowest BCUT2D eigenvalue weighted by Crippen LogP contribution is -2.32. The number of aromatic nitrogens is 3. The van der Waals surface area contributed by atoms with E-state index in [9.17, 15) is 4.79 Å². The first-order valence-electron chi connectivity index (χ1n) is 9.53. The molecule has 2 heterocycles. The highest BCUT2D eigenvalue weighted by molar-refractivity contribution is 5.76. The summed E-state index contributed by atoms with van der Waals surface area (Å²) in [4.78, 5) is 21.0. The van der Waals surface area contributed by atoms with E-state index in [1.54, 1.807) is 12.4 Å². The molecule has 0 aliphatic rings. The number of hydrogen-bond acceptors (Lipinski definition) is 5. The number of benzene rings is 1. The predicted molar refractivity (Wildman–Crippen MR) is 107 cm³/mol. The Hall–Kier alpha value is -3.02. The first kappa shape index (κ1) is 19.7. The van der Waals surface area contributed by atoms with Crippen LogP contribution in [-0.2, 0) is 11.2 Å². The van der Waals surface area contributed by atoms with Crippen LogP contribution in [0, 0.1) is 19.8 Å². The summed E-state index contributed by atoms with van der Waals surface area (Å²) in [5.74, 6) is 1.01. The second-order valence-corrected chi connectivity index (χ2v) is 7.41. The Bertz CT molecular complexity index is 935. The van der Waals surface area contributed by atoms with E-state index in [1.807, 2.05) is 26.0 Å². The zero-order chi connectivity index (χ0) is 20.1. The fraction of sp³-hybridized carbons (Fsp3) is 0.364. The molecule has 28 heavy (non-hydrogen) atoms. The number of nitrogens with one attached hydrogen (secondary N) is 1. The molecule has 3 aromatic rings. The van der Waals surface area contributed by atoms with Crippen LogP contribution >= 0.6 is 0 Å². The quantitative estimate of drug-likeness (QED) is 0.666. The molecule has 1 aromatic carbocycles. The monoisotopic (exact) mass is 378 g/mol. The number of aryl methyl sites for hydroxylation is 3. The van der Waals surface area contributed by atoms with E-state index in [0.29, 0.717) is 24.6 Å². The molecule has 6 nitrogen and oxygen atoms in total. The summed E-state index contributed by atoms with van der Waals surface area (Å²) in [6.45, 7) is 8.19. The van der Waals surface area contributed by atoms with Gasteiger partial charge in [-0.25, -0.2) is 0 Å². The summed E-state index contributed by atoms with van der Waals surface area (Å²) in [5.41, 5.74) is 4.47. The average Bonchev–Trinajstić information content (AvgIpc) is 3.15. The van der Waals surface area contributed by atoms with Crippen LogP contribution in [0.5, 0.6) is 0 Å². The van der Waals surface area contributed by atoms with Crippen LogP contribution in [0.1, 0.15) is 48.9 Å². The summed E-state index contributed by atoms with van der Waals surface area (Å²) in [5, 5.41) is 7.10. The van der Waals surface area contributed by atoms with Gasteiger partial charge in [-0.15, -0.1) is 0 Å². The van der Waals surface area contributed by atoms with Gasteiger partial charge in [0, 0.05) is 24.4 Å². The van der Waals surface area contributed by atoms with Crippen molar-refractivity contribution in [3.05, 3.63) is 65.3 Å². The van der Waals surface area contributed by atoms with E-state index in [0.717, 1.165) is 5.56 Å². The van der Waals surface area contributed by atoms with Crippen molar-refractivity contribution < 1.29 is 9.32 Å². The van der Waals surface area contributed by atoms with Gasteiger partial charge in [-0.3, -0.25) is 9.78 Å². The van der Waals surface area contributed by atoms with E-state index in [1.165, 1.54) is 16.7 Å². The van der Waals surface area contributed by atoms with Crippen LogP contribution in [-0.4, -0.2) is 21.0 Å². The second kappa shape index (κ2) is 8.78. The highest BCUT2D eigenvalue weighted by Gasteiger charge is 2.24. The molecular formula is C22H26N4O2. The molecule has 1 atom stereocenters. The third-order valence-electron chi connectivity index (χ3n) is 4.75. The van der Waals surface area contributed by atoms with Crippen LogP contribution < -0.4 is 5.32 Å². The number of hydrogen-bond donors (Lipinski definition) is 1. The van der Waals surface area contributed by atoms with Gasteiger partial charge in [-0.2, -0.15) is 4.98 Å². The molecule has 146 valence electrons. The number of carbonyl (C=O) groups excluding carboxylic acids is 1. The van der Waals surface area contributed by atoms with Gasteiger partial charge in [-0.05, 0) is 49.4 Å². The van der Waals surface area contributed by atoms with Crippen molar-refractivity contribution in [3.63, 3.8) is 0 Å². The maximum atomic E-state index is 12.6. The van der Waals surface area contributed by atoms with Gasteiger partial charge >= 0.3 is 0 Å². The molecule has 2 aromatic heterocycles. The normalized spacial score (nSPS) is 12.2. The summed E-state index contributed by atoms with van der Waals surface area (Å²) in [6, 6.07) is 9.63. The second-order valence-electron chi connectivity index (χ2n) is 7.41. The Labute approximate surface area is 165 Å². The van der Waals surface area contributed by atoms with Crippen molar-refractivity contribution in [1.82, 2.24) is 20.4 Å². The summed E-state index contributed by atoms with van der Waals surface area (Å²) in [6.07, 6.45) is 4.48. The van der Waals surface area contributed by atoms with Crippen molar-refractivity contribution >= 4 is 5.91 Å². The van der Waals surface area contributed by atoms with Crippen LogP contribution in [0.15, 0.2) is 47.2 Å². The van der Waals surface area contributed by atoms with E-state index >= 15 is 0 Å². The number of amides is 1. The molecule has 0 saturated carbocycles. The fourth-order valence-corrected chi connectivity index (χ4v) is 3.11. The lowest BCUT2D eigenvalue weighted by molar-refractivity contribution is -0.122. The van der Waals surface area contributed by atoms with Crippen LogP contribution in [0.3, 0.4) is 0 Å². The summed E-state index contributed by atoms with van der Waals surface area (Å²) < 4.78 is 5.44. The van der Waals surface area contributed by atoms with Gasteiger partial charge in [0.25, 0.3) is 0 Å². The summed E-state index contributed by atoms with van der Waals surface area (Å²) >= 11 is 0. The molecule has 0 spiro atoms. The molecule has 1 amide bonds. The zero-order valence-electron chi connectivity index (χ0n) is 16.8. The first-order valence-corrected chi connectivity index (χ1v) is 9.53. The van der Waals surface area contributed by atoms with Crippen LogP contribution in [0.2, 0.25) is 0 Å². The van der Waals surface area contributed by atoms with Crippen LogP contribution in [0.4, 0.5) is 0 Å². The van der Waals surface area contributed by atoms with Crippen molar-refractivity contribution in [3.8, 4) is 11.4 Å². The minimum Gasteiger partial charge on any atom is -0.344 e. The highest BCUT2D eigenvalue weighted by atomic mass is 16.5. The van der Waals surface area contributed by atoms with Crippen molar-refractivity contribution in [2.75, 3.05) is 0 Å². The topological polar surface area (TPSA) is 80.9 Å². The molecule has 1 N–H and O–H groups in total. The Morgan fingerprint density at radius 3 is 2.57 bits per heavy atom. The van der Waals surface area contributed by atoms with Crippen LogP contribution in [0.25, 0.3) is 11.4 Å². The van der Waals surface area contributed by atoms with Crippen molar-refractivity contribution in [1.29, 1.82) is 0 Å². The minimum atomic E-state index is -0.324. The molecule has 0 aliphatic heterocycles. The van der Waals surface area contributed by atoms with Gasteiger partial charge < -0.3 is 9.84 Å². The van der Waals surface area contributed by atoms with Gasteiger partial charge in [-0.1, -0.05) is 42.8 Å². The number of nitrogens with zero attached hydrogens (tertiary/aromatic N) is 3. The molecule has 0 aliphatic carbocycles. The minimum absolute atomic E-state index is 0.0256. The first-order chi connectivity index (χ1) is 13.4. The average molecular weight is 378 g/mol. The SMILES string of the molecule is Cc1ccc(CCC(=O)N[C@@H](c2nc(-c3ccncc3)no2)C(C)C)c(C)c1. The Balaban J connectivity index is 1.66. The number of carbonyl (C=O) groups is 1. The largest absolute Gasteiger partial charge is 0.344 e. The van der Waals surface area contributed by atoms with Gasteiger partial charge in [0.15, 0.2) is 0 Å². The van der Waals surface area contributed by atoms with E-state index in [-0.39, 0.29) is 17.9 Å². The van der Waals surface area contributed by atoms with E-state index in [4.69, 9.17) is 4.52 Å². The molecule has 3 rings (SSSR count). The predicted octanol–water partition coefficient (Wildman–Crippen LogP) is 4.19. The van der Waals surface area contributed by atoms with Gasteiger partial charge in [0.05, 0.1) is 0 Å². The molecule has 6 heteroatoms. The molecule has 0 radical (unpaired) electrons. The molecule has 0 bridgehead atoms. The van der Waals surface area contributed by atoms with E-state index in [2.05, 4.69) is 52.5 Å². The number of pyridine rings is 1. The van der Waals surface area contributed by atoms with Crippen molar-refractivity contribution in [2.45, 2.75) is 46.6 Å². The third kappa shape index (κ3) is 4.82. The summed E-state index contributed by atoms with van der Waals surface area (Å²) in [7, 11) is 0. The Morgan fingerprint density at radius 1 is 1.14 bits per heavy atom. The third-order valence-corrected chi connectivity index (χ3v) is 4.75. The maximum Gasteiger partial charge on any atom is 0.249 e. The Kier molecular flexibility index (Phi) is 6.19. The zero-order valence-corrected chi connectivity index (χ0v) is 16.8. The number of rotatable bonds is 7. The molecule has 0 fully saturated rings. The smallest absolute Gasteiger partial charge is 0.249 e. The Morgan fingerprint density at radius 2 is 1.89 bits per heavy atom. The standard InChI is InChI=1S/C22H26N4O2/c1-14(2)20(22-25-21(26-28-22)18-9-11-23-12-10-18)24-19(27)8-7-17-6-5-15(3)13-16(17)4/h5-6,9-14,20H,7-8H2,1-4H3,(H,24,27)/t20-/m1/s1.